The number of ether oxygens (including phenoxy) is 1. The maximum absolute atomic E-state index is 12.7. The lowest BCUT2D eigenvalue weighted by Crippen LogP contribution is -2.38. The van der Waals surface area contributed by atoms with Gasteiger partial charge in [0.05, 0.1) is 18.4 Å². The quantitative estimate of drug-likeness (QED) is 0.681. The van der Waals surface area contributed by atoms with Crippen LogP contribution in [0.15, 0.2) is 61.3 Å². The van der Waals surface area contributed by atoms with Gasteiger partial charge in [-0.15, -0.1) is 0 Å². The molecule has 8 nitrogen and oxygen atoms in total. The van der Waals surface area contributed by atoms with Crippen LogP contribution in [0, 0.1) is 0 Å². The van der Waals surface area contributed by atoms with Crippen LogP contribution >= 0.6 is 0 Å². The number of aromatic nitrogens is 3. The van der Waals surface area contributed by atoms with Gasteiger partial charge in [0, 0.05) is 25.1 Å². The van der Waals surface area contributed by atoms with Gasteiger partial charge in [0.25, 0.3) is 5.91 Å². The van der Waals surface area contributed by atoms with E-state index < -0.39 is 0 Å². The Morgan fingerprint density at radius 3 is 2.68 bits per heavy atom. The molecular weight excluding hydrogens is 358 g/mol. The van der Waals surface area contributed by atoms with Crippen LogP contribution in [-0.2, 0) is 4.79 Å². The number of methoxy groups -OCH3 is 1. The van der Waals surface area contributed by atoms with E-state index >= 15 is 0 Å². The summed E-state index contributed by atoms with van der Waals surface area (Å²) in [7, 11) is 1.54. The molecule has 1 aromatic carbocycles. The van der Waals surface area contributed by atoms with Crippen molar-refractivity contribution in [3.8, 4) is 11.6 Å². The summed E-state index contributed by atoms with van der Waals surface area (Å²) >= 11 is 0. The summed E-state index contributed by atoms with van der Waals surface area (Å²) in [6.45, 7) is 2.14. The van der Waals surface area contributed by atoms with Crippen molar-refractivity contribution in [2.24, 2.45) is 0 Å². The summed E-state index contributed by atoms with van der Waals surface area (Å²) in [5, 5.41) is 2.78. The van der Waals surface area contributed by atoms with Crippen LogP contribution in [0.5, 0.6) is 5.75 Å². The van der Waals surface area contributed by atoms with Gasteiger partial charge in [0.15, 0.2) is 0 Å². The Kier molecular flexibility index (Phi) is 6.01. The predicted octanol–water partition coefficient (Wildman–Crippen LogP) is 2.38. The fourth-order valence-corrected chi connectivity index (χ4v) is 2.68. The van der Waals surface area contributed by atoms with E-state index in [1.807, 2.05) is 13.0 Å². The first kappa shape index (κ1) is 19.1. The Balaban J connectivity index is 1.67. The monoisotopic (exact) mass is 379 g/mol. The Morgan fingerprint density at radius 1 is 1.21 bits per heavy atom. The van der Waals surface area contributed by atoms with E-state index in [1.165, 1.54) is 18.2 Å². The minimum atomic E-state index is -0.303. The molecule has 0 unspecified atom stereocenters. The molecule has 2 heterocycles. The van der Waals surface area contributed by atoms with Crippen LogP contribution in [0.4, 0.5) is 5.69 Å². The minimum absolute atomic E-state index is 0.0728. The standard InChI is InChI=1S/C20H21N5O3/c1-3-24(13-19(26)23-16-6-4-5-7-17(16)28-2)20(27)15-8-9-18(22-12-15)25-11-10-21-14-25/h4-12,14H,3,13H2,1-2H3,(H,23,26). The van der Waals surface area contributed by atoms with Gasteiger partial charge in [-0.25, -0.2) is 9.97 Å². The average Bonchev–Trinajstić information content (AvgIpc) is 3.27. The largest absolute Gasteiger partial charge is 0.495 e. The number of carbonyl (C=O) groups excluding carboxylic acids is 2. The topological polar surface area (TPSA) is 89.4 Å². The highest BCUT2D eigenvalue weighted by molar-refractivity contribution is 5.99. The molecule has 0 bridgehead atoms. The predicted molar refractivity (Wildman–Crippen MR) is 105 cm³/mol. The molecule has 0 spiro atoms. The van der Waals surface area contributed by atoms with Crippen molar-refractivity contribution in [1.29, 1.82) is 0 Å². The van der Waals surface area contributed by atoms with Crippen molar-refractivity contribution in [3.05, 3.63) is 66.9 Å². The third kappa shape index (κ3) is 4.35. The highest BCUT2D eigenvalue weighted by Crippen LogP contribution is 2.22. The molecule has 2 amide bonds. The Bertz CT molecular complexity index is 939. The summed E-state index contributed by atoms with van der Waals surface area (Å²) in [6.07, 6.45) is 6.55. The van der Waals surface area contributed by atoms with Crippen LogP contribution in [0.1, 0.15) is 17.3 Å². The van der Waals surface area contributed by atoms with Crippen molar-refractivity contribution in [1.82, 2.24) is 19.4 Å². The maximum Gasteiger partial charge on any atom is 0.255 e. The smallest absolute Gasteiger partial charge is 0.255 e. The van der Waals surface area contributed by atoms with Gasteiger partial charge < -0.3 is 15.0 Å². The molecule has 1 N–H and O–H groups in total. The van der Waals surface area contributed by atoms with Gasteiger partial charge in [-0.3, -0.25) is 14.2 Å². The number of likely N-dealkylation sites (N-methyl/N-ethyl adjacent to an activating group) is 1. The Morgan fingerprint density at radius 2 is 2.04 bits per heavy atom. The zero-order valence-corrected chi connectivity index (χ0v) is 15.7. The Labute approximate surface area is 162 Å². The lowest BCUT2D eigenvalue weighted by molar-refractivity contribution is -0.116. The molecule has 144 valence electrons. The molecule has 0 aliphatic carbocycles. The van der Waals surface area contributed by atoms with Crippen LogP contribution in [-0.4, -0.2) is 51.4 Å². The fourth-order valence-electron chi connectivity index (χ4n) is 2.68. The zero-order chi connectivity index (χ0) is 19.9. The third-order valence-electron chi connectivity index (χ3n) is 4.15. The van der Waals surface area contributed by atoms with Crippen LogP contribution in [0.2, 0.25) is 0 Å². The SMILES string of the molecule is CCN(CC(=O)Nc1ccccc1OC)C(=O)c1ccc(-n2ccnc2)nc1. The molecule has 0 saturated heterocycles. The van der Waals surface area contributed by atoms with E-state index in [1.54, 1.807) is 53.6 Å². The number of nitrogens with one attached hydrogen (secondary N) is 1. The number of para-hydroxylation sites is 2. The number of rotatable bonds is 7. The number of pyridine rings is 1. The molecule has 2 aromatic heterocycles. The van der Waals surface area contributed by atoms with Gasteiger partial charge in [0.1, 0.15) is 24.4 Å². The molecular formula is C20H21N5O3. The second-order valence-electron chi connectivity index (χ2n) is 5.94. The third-order valence-corrected chi connectivity index (χ3v) is 4.15. The van der Waals surface area contributed by atoms with E-state index in [4.69, 9.17) is 4.74 Å². The van der Waals surface area contributed by atoms with Crippen LogP contribution in [0.3, 0.4) is 0 Å². The van der Waals surface area contributed by atoms with Gasteiger partial charge in [0.2, 0.25) is 5.91 Å². The molecule has 0 aliphatic rings. The molecule has 0 radical (unpaired) electrons. The van der Waals surface area contributed by atoms with Gasteiger partial charge in [-0.2, -0.15) is 0 Å². The first-order valence-electron chi connectivity index (χ1n) is 8.79. The molecule has 3 rings (SSSR count). The highest BCUT2D eigenvalue weighted by Gasteiger charge is 2.18. The molecule has 3 aromatic rings. The minimum Gasteiger partial charge on any atom is -0.495 e. The van der Waals surface area contributed by atoms with Crippen molar-refractivity contribution in [2.75, 3.05) is 25.5 Å². The molecule has 28 heavy (non-hydrogen) atoms. The van der Waals surface area contributed by atoms with E-state index in [2.05, 4.69) is 15.3 Å². The summed E-state index contributed by atoms with van der Waals surface area (Å²) in [6, 6.07) is 10.5. The number of nitrogens with zero attached hydrogens (tertiary/aromatic N) is 4. The van der Waals surface area contributed by atoms with Gasteiger partial charge in [-0.1, -0.05) is 12.1 Å². The van der Waals surface area contributed by atoms with E-state index in [-0.39, 0.29) is 18.4 Å². The van der Waals surface area contributed by atoms with E-state index in [0.717, 1.165) is 0 Å². The van der Waals surface area contributed by atoms with Crippen molar-refractivity contribution < 1.29 is 14.3 Å². The van der Waals surface area contributed by atoms with Crippen LogP contribution in [0.25, 0.3) is 5.82 Å². The van der Waals surface area contributed by atoms with Crippen molar-refractivity contribution in [2.45, 2.75) is 6.92 Å². The molecule has 0 saturated carbocycles. The van der Waals surface area contributed by atoms with E-state index in [0.29, 0.717) is 29.4 Å². The second-order valence-corrected chi connectivity index (χ2v) is 5.94. The highest BCUT2D eigenvalue weighted by atomic mass is 16.5. The summed E-state index contributed by atoms with van der Waals surface area (Å²) in [5.41, 5.74) is 0.973. The van der Waals surface area contributed by atoms with Crippen molar-refractivity contribution in [3.63, 3.8) is 0 Å². The summed E-state index contributed by atoms with van der Waals surface area (Å²) in [4.78, 5) is 34.9. The fraction of sp³-hybridized carbons (Fsp3) is 0.200. The number of anilines is 1. The molecule has 8 heteroatoms. The average molecular weight is 379 g/mol. The first-order chi connectivity index (χ1) is 13.6. The number of imidazole rings is 1. The normalized spacial score (nSPS) is 10.4. The second kappa shape index (κ2) is 8.81. The Hall–Kier alpha value is -3.68. The summed E-state index contributed by atoms with van der Waals surface area (Å²) < 4.78 is 6.97. The van der Waals surface area contributed by atoms with Gasteiger partial charge in [-0.05, 0) is 31.2 Å². The maximum atomic E-state index is 12.7. The summed E-state index contributed by atoms with van der Waals surface area (Å²) in [5.74, 6) is 0.653. The lowest BCUT2D eigenvalue weighted by Gasteiger charge is -2.20. The van der Waals surface area contributed by atoms with Gasteiger partial charge >= 0.3 is 0 Å². The molecule has 0 fully saturated rings. The number of hydrogen-bond acceptors (Lipinski definition) is 5. The number of carbonyl (C=O) groups is 2. The zero-order valence-electron chi connectivity index (χ0n) is 15.7. The first-order valence-corrected chi connectivity index (χ1v) is 8.79. The van der Waals surface area contributed by atoms with E-state index in [9.17, 15) is 9.59 Å². The van der Waals surface area contributed by atoms with Crippen molar-refractivity contribution >= 4 is 17.5 Å². The number of benzene rings is 1. The lowest BCUT2D eigenvalue weighted by atomic mass is 10.2. The van der Waals surface area contributed by atoms with Crippen LogP contribution < -0.4 is 10.1 Å². The molecule has 0 aliphatic heterocycles. The molecule has 0 atom stereocenters. The number of amides is 2. The number of hydrogen-bond donors (Lipinski definition) is 1.